The van der Waals surface area contributed by atoms with Crippen LogP contribution in [0.3, 0.4) is 0 Å². The Morgan fingerprint density at radius 1 is 1.29 bits per heavy atom. The van der Waals surface area contributed by atoms with Gasteiger partial charge in [0.25, 0.3) is 0 Å². The molecule has 3 saturated carbocycles. The molecule has 0 radical (unpaired) electrons. The zero-order chi connectivity index (χ0) is 12.0. The van der Waals surface area contributed by atoms with Crippen LogP contribution in [0.15, 0.2) is 0 Å². The van der Waals surface area contributed by atoms with Gasteiger partial charge in [-0.15, -0.1) is 0 Å². The van der Waals surface area contributed by atoms with Gasteiger partial charge in [-0.2, -0.15) is 5.26 Å². The molecule has 3 rings (SSSR count). The zero-order valence-corrected chi connectivity index (χ0v) is 10.1. The fourth-order valence-electron chi connectivity index (χ4n) is 4.09. The highest BCUT2D eigenvalue weighted by atomic mass is 16.5. The number of hydrogen-bond acceptors (Lipinski definition) is 3. The predicted molar refractivity (Wildman–Crippen MR) is 60.9 cm³/mol. The third-order valence-electron chi connectivity index (χ3n) is 4.77. The molecule has 17 heavy (non-hydrogen) atoms. The Hall–Kier alpha value is -1.24. The molecule has 4 heteroatoms. The molecule has 92 valence electrons. The summed E-state index contributed by atoms with van der Waals surface area (Å²) in [6, 6.07) is 2.67. The molecule has 0 saturated heterocycles. The van der Waals surface area contributed by atoms with Crippen LogP contribution in [-0.2, 0) is 4.74 Å². The Labute approximate surface area is 101 Å². The highest BCUT2D eigenvalue weighted by Crippen LogP contribution is 2.64. The minimum atomic E-state index is -0.288. The van der Waals surface area contributed by atoms with Gasteiger partial charge < -0.3 is 10.1 Å². The second kappa shape index (κ2) is 3.90. The van der Waals surface area contributed by atoms with Crippen LogP contribution in [-0.4, -0.2) is 18.7 Å². The first-order chi connectivity index (χ1) is 8.24. The number of ether oxygens (including phenoxy) is 1. The van der Waals surface area contributed by atoms with Gasteiger partial charge in [0.15, 0.2) is 0 Å². The van der Waals surface area contributed by atoms with Crippen molar-refractivity contribution in [1.29, 1.82) is 5.26 Å². The standard InChI is InChI=1S/C13H18N2O2/c1-2-17-13(16)15-12-10-3-7(6-14)4-11(12)9-5-8(9)10/h7-12H,2-5H2,1H3,(H,15,16)/t7?,8-,9+,10?,11?,12?. The minimum absolute atomic E-state index is 0.207. The van der Waals surface area contributed by atoms with Gasteiger partial charge in [0.2, 0.25) is 0 Å². The molecule has 2 bridgehead atoms. The summed E-state index contributed by atoms with van der Waals surface area (Å²) in [4.78, 5) is 11.5. The van der Waals surface area contributed by atoms with Crippen LogP contribution < -0.4 is 5.32 Å². The third-order valence-corrected chi connectivity index (χ3v) is 4.77. The third kappa shape index (κ3) is 1.69. The van der Waals surface area contributed by atoms with E-state index in [1.165, 1.54) is 6.42 Å². The van der Waals surface area contributed by atoms with E-state index in [1.807, 2.05) is 6.92 Å². The van der Waals surface area contributed by atoms with E-state index in [4.69, 9.17) is 10.00 Å². The summed E-state index contributed by atoms with van der Waals surface area (Å²) in [6.07, 6.45) is 2.95. The van der Waals surface area contributed by atoms with Crippen molar-refractivity contribution >= 4 is 6.09 Å². The van der Waals surface area contributed by atoms with E-state index in [0.29, 0.717) is 18.4 Å². The maximum Gasteiger partial charge on any atom is 0.407 e. The van der Waals surface area contributed by atoms with Crippen LogP contribution in [0, 0.1) is 40.9 Å². The molecule has 0 aromatic carbocycles. The summed E-state index contributed by atoms with van der Waals surface area (Å²) in [5.41, 5.74) is 0. The maximum absolute atomic E-state index is 11.5. The number of amides is 1. The van der Waals surface area contributed by atoms with Crippen molar-refractivity contribution in [2.24, 2.45) is 29.6 Å². The quantitative estimate of drug-likeness (QED) is 0.794. The van der Waals surface area contributed by atoms with Crippen LogP contribution in [0.2, 0.25) is 0 Å². The second-order valence-electron chi connectivity index (χ2n) is 5.58. The van der Waals surface area contributed by atoms with E-state index in [9.17, 15) is 4.79 Å². The van der Waals surface area contributed by atoms with Gasteiger partial charge >= 0.3 is 6.09 Å². The van der Waals surface area contributed by atoms with Crippen molar-refractivity contribution in [3.8, 4) is 6.07 Å². The number of fused-ring (bicyclic) bond motifs is 5. The molecule has 0 heterocycles. The first kappa shape index (κ1) is 10.9. The lowest BCUT2D eigenvalue weighted by Crippen LogP contribution is -2.47. The van der Waals surface area contributed by atoms with E-state index in [1.54, 1.807) is 0 Å². The predicted octanol–water partition coefficient (Wildman–Crippen LogP) is 1.92. The number of nitrogens with zero attached hydrogens (tertiary/aromatic N) is 1. The van der Waals surface area contributed by atoms with Crippen molar-refractivity contribution in [2.45, 2.75) is 32.2 Å². The van der Waals surface area contributed by atoms with Crippen LogP contribution in [0.4, 0.5) is 4.79 Å². The topological polar surface area (TPSA) is 62.1 Å². The molecule has 3 aliphatic rings. The molecule has 3 aliphatic carbocycles. The van der Waals surface area contributed by atoms with E-state index >= 15 is 0 Å². The molecular formula is C13H18N2O2. The number of carbonyl (C=O) groups excluding carboxylic acids is 1. The molecule has 4 nitrogen and oxygen atoms in total. The molecule has 0 aliphatic heterocycles. The van der Waals surface area contributed by atoms with Crippen molar-refractivity contribution in [2.75, 3.05) is 6.61 Å². The monoisotopic (exact) mass is 234 g/mol. The molecule has 0 spiro atoms. The maximum atomic E-state index is 11.5. The van der Waals surface area contributed by atoms with E-state index in [2.05, 4.69) is 11.4 Å². The molecular weight excluding hydrogens is 216 g/mol. The van der Waals surface area contributed by atoms with Gasteiger partial charge in [-0.25, -0.2) is 4.79 Å². The number of carbonyl (C=O) groups is 1. The summed E-state index contributed by atoms with van der Waals surface area (Å²) < 4.78 is 4.96. The van der Waals surface area contributed by atoms with Crippen molar-refractivity contribution < 1.29 is 9.53 Å². The Morgan fingerprint density at radius 2 is 1.94 bits per heavy atom. The van der Waals surface area contributed by atoms with Gasteiger partial charge in [-0.3, -0.25) is 0 Å². The highest BCUT2D eigenvalue weighted by molar-refractivity contribution is 5.67. The first-order valence-corrected chi connectivity index (χ1v) is 6.57. The number of alkyl carbamates (subject to hydrolysis) is 1. The van der Waals surface area contributed by atoms with E-state index < -0.39 is 0 Å². The average Bonchev–Trinajstić information content (AvgIpc) is 3.05. The van der Waals surface area contributed by atoms with Crippen LogP contribution in [0.1, 0.15) is 26.2 Å². The normalized spacial score (nSPS) is 45.6. The van der Waals surface area contributed by atoms with Crippen LogP contribution in [0.5, 0.6) is 0 Å². The summed E-state index contributed by atoms with van der Waals surface area (Å²) >= 11 is 0. The Bertz CT molecular complexity index is 358. The zero-order valence-electron chi connectivity index (χ0n) is 10.1. The van der Waals surface area contributed by atoms with E-state index in [-0.39, 0.29) is 18.1 Å². The fourth-order valence-corrected chi connectivity index (χ4v) is 4.09. The lowest BCUT2D eigenvalue weighted by Gasteiger charge is -2.35. The summed E-state index contributed by atoms with van der Waals surface area (Å²) in [6.45, 7) is 2.24. The van der Waals surface area contributed by atoms with Gasteiger partial charge in [0.1, 0.15) is 0 Å². The van der Waals surface area contributed by atoms with E-state index in [0.717, 1.165) is 24.7 Å². The molecule has 1 amide bonds. The van der Waals surface area contributed by atoms with Crippen molar-refractivity contribution in [3.63, 3.8) is 0 Å². The smallest absolute Gasteiger partial charge is 0.407 e. The summed E-state index contributed by atoms with van der Waals surface area (Å²) in [5, 5.41) is 12.1. The lowest BCUT2D eigenvalue weighted by molar-refractivity contribution is 0.125. The van der Waals surface area contributed by atoms with Crippen LogP contribution >= 0.6 is 0 Å². The van der Waals surface area contributed by atoms with Crippen LogP contribution in [0.25, 0.3) is 0 Å². The van der Waals surface area contributed by atoms with Gasteiger partial charge in [-0.05, 0) is 49.9 Å². The minimum Gasteiger partial charge on any atom is -0.450 e. The van der Waals surface area contributed by atoms with Gasteiger partial charge in [0.05, 0.1) is 12.7 Å². The van der Waals surface area contributed by atoms with Crippen molar-refractivity contribution in [1.82, 2.24) is 5.32 Å². The summed E-state index contributed by atoms with van der Waals surface area (Å²) in [5.74, 6) is 2.79. The Morgan fingerprint density at radius 3 is 2.47 bits per heavy atom. The second-order valence-corrected chi connectivity index (χ2v) is 5.58. The molecule has 0 aromatic rings. The number of nitriles is 1. The molecule has 6 atom stereocenters. The molecule has 3 fully saturated rings. The number of hydrogen-bond donors (Lipinski definition) is 1. The first-order valence-electron chi connectivity index (χ1n) is 6.57. The number of nitrogens with one attached hydrogen (secondary N) is 1. The molecule has 4 unspecified atom stereocenters. The largest absolute Gasteiger partial charge is 0.450 e. The Kier molecular flexibility index (Phi) is 2.50. The Balaban J connectivity index is 1.68. The lowest BCUT2D eigenvalue weighted by atomic mass is 9.74. The highest BCUT2D eigenvalue weighted by Gasteiger charge is 2.62. The summed E-state index contributed by atoms with van der Waals surface area (Å²) in [7, 11) is 0. The van der Waals surface area contributed by atoms with Crippen molar-refractivity contribution in [3.05, 3.63) is 0 Å². The average molecular weight is 234 g/mol. The fraction of sp³-hybridized carbons (Fsp3) is 0.846. The molecule has 0 aromatic heterocycles. The van der Waals surface area contributed by atoms with Gasteiger partial charge in [0, 0.05) is 12.0 Å². The number of rotatable bonds is 2. The molecule has 1 N–H and O–H groups in total. The SMILES string of the molecule is CCOC(=O)NC1C2CC(C#N)CC1[C@@H]1C[C@H]21. The van der Waals surface area contributed by atoms with Gasteiger partial charge in [-0.1, -0.05) is 0 Å².